The Balaban J connectivity index is 2.35. The maximum atomic E-state index is 11.4. The van der Waals surface area contributed by atoms with Crippen molar-refractivity contribution < 1.29 is 9.53 Å². The highest BCUT2D eigenvalue weighted by molar-refractivity contribution is 6.28. The minimum absolute atomic E-state index is 0.00885. The number of rotatable bonds is 4. The van der Waals surface area contributed by atoms with Crippen LogP contribution in [0.15, 0.2) is 12.3 Å². The van der Waals surface area contributed by atoms with Crippen LogP contribution in [0.4, 0.5) is 0 Å². The summed E-state index contributed by atoms with van der Waals surface area (Å²) in [4.78, 5) is 23.2. The van der Waals surface area contributed by atoms with E-state index >= 15 is 0 Å². The molecule has 0 radical (unpaired) electrons. The van der Waals surface area contributed by atoms with Crippen molar-refractivity contribution in [1.29, 1.82) is 0 Å². The van der Waals surface area contributed by atoms with Gasteiger partial charge in [0, 0.05) is 13.2 Å². The number of nitrogens with zero attached hydrogens (tertiary/aromatic N) is 5. The summed E-state index contributed by atoms with van der Waals surface area (Å²) in [5.74, 6) is -0.123. The monoisotopic (exact) mass is 282 g/mol. The lowest BCUT2D eigenvalue weighted by Gasteiger charge is -2.03. The van der Waals surface area contributed by atoms with Gasteiger partial charge in [0.1, 0.15) is 0 Å². The fourth-order valence-electron chi connectivity index (χ4n) is 1.30. The highest BCUT2D eigenvalue weighted by atomic mass is 35.5. The van der Waals surface area contributed by atoms with Gasteiger partial charge in [0.2, 0.25) is 5.28 Å². The summed E-state index contributed by atoms with van der Waals surface area (Å²) < 4.78 is 6.48. The Hall–Kier alpha value is -2.22. The lowest BCUT2D eigenvalue weighted by Crippen LogP contribution is -2.18. The van der Waals surface area contributed by atoms with E-state index in [-0.39, 0.29) is 28.8 Å². The summed E-state index contributed by atoms with van der Waals surface area (Å²) in [5.41, 5.74) is 0.247. The van der Waals surface area contributed by atoms with Crippen molar-refractivity contribution in [2.75, 3.05) is 13.7 Å². The predicted molar refractivity (Wildman–Crippen MR) is 66.5 cm³/mol. The first-order valence-electron chi connectivity index (χ1n) is 5.46. The van der Waals surface area contributed by atoms with Crippen molar-refractivity contribution in [3.8, 4) is 12.0 Å². The van der Waals surface area contributed by atoms with E-state index in [2.05, 4.69) is 25.4 Å². The largest absolute Gasteiger partial charge is 0.464 e. The number of nitrogens with one attached hydrogen (secondary N) is 1. The molecule has 0 aliphatic heterocycles. The molecule has 1 amide bonds. The molecule has 0 saturated carbocycles. The number of hydrogen-bond acceptors (Lipinski definition) is 6. The summed E-state index contributed by atoms with van der Waals surface area (Å²) in [6.07, 6.45) is 1.55. The molecule has 2 rings (SSSR count). The number of halogens is 1. The fraction of sp³-hybridized carbons (Fsp3) is 0.300. The van der Waals surface area contributed by atoms with Crippen molar-refractivity contribution in [1.82, 2.24) is 30.0 Å². The van der Waals surface area contributed by atoms with Crippen molar-refractivity contribution in [2.45, 2.75) is 6.92 Å². The molecule has 9 heteroatoms. The van der Waals surface area contributed by atoms with Gasteiger partial charge in [-0.2, -0.15) is 20.1 Å². The van der Waals surface area contributed by atoms with Crippen LogP contribution in [0.1, 0.15) is 17.4 Å². The van der Waals surface area contributed by atoms with Crippen LogP contribution in [-0.4, -0.2) is 44.3 Å². The first-order chi connectivity index (χ1) is 9.13. The third-order valence-electron chi connectivity index (χ3n) is 2.10. The average molecular weight is 283 g/mol. The quantitative estimate of drug-likeness (QED) is 0.876. The molecule has 0 fully saturated rings. The molecule has 2 aromatic rings. The molecule has 8 nitrogen and oxygen atoms in total. The van der Waals surface area contributed by atoms with E-state index in [1.54, 1.807) is 13.1 Å². The second kappa shape index (κ2) is 5.61. The third-order valence-corrected chi connectivity index (χ3v) is 2.27. The minimum Gasteiger partial charge on any atom is -0.464 e. The van der Waals surface area contributed by atoms with Gasteiger partial charge in [-0.1, -0.05) is 0 Å². The van der Waals surface area contributed by atoms with Gasteiger partial charge >= 0.3 is 6.01 Å². The van der Waals surface area contributed by atoms with E-state index < -0.39 is 0 Å². The van der Waals surface area contributed by atoms with Gasteiger partial charge in [-0.05, 0) is 24.6 Å². The number of carbonyl (C=O) groups excluding carboxylic acids is 1. The topological polar surface area (TPSA) is 94.8 Å². The number of aromatic nitrogens is 5. The van der Waals surface area contributed by atoms with Crippen LogP contribution in [0.5, 0.6) is 6.01 Å². The summed E-state index contributed by atoms with van der Waals surface area (Å²) in [6.45, 7) is 2.21. The molecule has 1 N–H and O–H groups in total. The summed E-state index contributed by atoms with van der Waals surface area (Å²) in [5, 5.41) is 6.49. The molecular weight excluding hydrogens is 272 g/mol. The smallest absolute Gasteiger partial charge is 0.322 e. The maximum absolute atomic E-state index is 11.4. The molecule has 19 heavy (non-hydrogen) atoms. The van der Waals surface area contributed by atoms with Crippen molar-refractivity contribution in [3.05, 3.63) is 23.2 Å². The molecule has 0 aliphatic rings. The van der Waals surface area contributed by atoms with Crippen LogP contribution in [0.3, 0.4) is 0 Å². The zero-order chi connectivity index (χ0) is 13.8. The van der Waals surface area contributed by atoms with Gasteiger partial charge in [-0.3, -0.25) is 4.79 Å². The van der Waals surface area contributed by atoms with Crippen LogP contribution in [0, 0.1) is 0 Å². The highest BCUT2D eigenvalue weighted by Gasteiger charge is 2.12. The summed E-state index contributed by atoms with van der Waals surface area (Å²) in [7, 11) is 1.52. The molecule has 0 aliphatic carbocycles. The van der Waals surface area contributed by atoms with Crippen LogP contribution < -0.4 is 10.1 Å². The molecule has 2 heterocycles. The van der Waals surface area contributed by atoms with E-state index in [0.717, 1.165) is 0 Å². The molecule has 2 aromatic heterocycles. The zero-order valence-corrected chi connectivity index (χ0v) is 11.0. The van der Waals surface area contributed by atoms with Crippen LogP contribution in [0.25, 0.3) is 5.95 Å². The van der Waals surface area contributed by atoms with Crippen molar-refractivity contribution in [3.63, 3.8) is 0 Å². The first-order valence-corrected chi connectivity index (χ1v) is 5.84. The Morgan fingerprint density at radius 1 is 1.47 bits per heavy atom. The average Bonchev–Trinajstić information content (AvgIpc) is 2.87. The van der Waals surface area contributed by atoms with Gasteiger partial charge < -0.3 is 10.1 Å². The molecule has 0 unspecified atom stereocenters. The summed E-state index contributed by atoms with van der Waals surface area (Å²) >= 11 is 5.77. The Kier molecular flexibility index (Phi) is 3.91. The van der Waals surface area contributed by atoms with E-state index in [9.17, 15) is 4.79 Å². The second-order valence-electron chi connectivity index (χ2n) is 3.34. The molecule has 0 atom stereocenters. The van der Waals surface area contributed by atoms with E-state index in [0.29, 0.717) is 6.61 Å². The predicted octanol–water partition coefficient (Wildman–Crippen LogP) is 0.469. The molecule has 100 valence electrons. The van der Waals surface area contributed by atoms with E-state index in [1.807, 2.05) is 0 Å². The van der Waals surface area contributed by atoms with Crippen LogP contribution in [-0.2, 0) is 0 Å². The Morgan fingerprint density at radius 2 is 2.26 bits per heavy atom. The molecule has 0 spiro atoms. The van der Waals surface area contributed by atoms with Crippen LogP contribution >= 0.6 is 11.6 Å². The standard InChI is InChI=1S/C10H11ClN6O2/c1-3-19-10-14-8(11)13-9(15-10)17-5-4-6(16-17)7(18)12-2/h4-5H,3H2,1-2H3,(H,12,18). The molecule has 0 aromatic carbocycles. The minimum atomic E-state index is -0.302. The lowest BCUT2D eigenvalue weighted by atomic mass is 10.4. The van der Waals surface area contributed by atoms with Crippen molar-refractivity contribution in [2.24, 2.45) is 0 Å². The van der Waals surface area contributed by atoms with Crippen molar-refractivity contribution >= 4 is 17.5 Å². The fourth-order valence-corrected chi connectivity index (χ4v) is 1.45. The van der Waals surface area contributed by atoms with Gasteiger partial charge in [0.25, 0.3) is 11.9 Å². The third kappa shape index (κ3) is 2.97. The maximum Gasteiger partial charge on any atom is 0.322 e. The summed E-state index contributed by atoms with van der Waals surface area (Å²) in [6, 6.07) is 1.64. The van der Waals surface area contributed by atoms with Gasteiger partial charge in [0.05, 0.1) is 6.61 Å². The lowest BCUT2D eigenvalue weighted by molar-refractivity contribution is 0.0957. The number of carbonyl (C=O) groups is 1. The number of amides is 1. The highest BCUT2D eigenvalue weighted by Crippen LogP contribution is 2.11. The Bertz CT molecular complexity index is 599. The normalized spacial score (nSPS) is 10.3. The molecule has 0 saturated heterocycles. The molecular formula is C10H11ClN6O2. The first kappa shape index (κ1) is 13.2. The SMILES string of the molecule is CCOc1nc(Cl)nc(-n2ccc(C(=O)NC)n2)n1. The van der Waals surface area contributed by atoms with Crippen LogP contribution in [0.2, 0.25) is 5.28 Å². The number of hydrogen-bond donors (Lipinski definition) is 1. The van der Waals surface area contributed by atoms with Gasteiger partial charge in [-0.15, -0.1) is 0 Å². The van der Waals surface area contributed by atoms with E-state index in [4.69, 9.17) is 16.3 Å². The zero-order valence-electron chi connectivity index (χ0n) is 10.3. The Labute approximate surface area is 113 Å². The second-order valence-corrected chi connectivity index (χ2v) is 3.68. The Morgan fingerprint density at radius 3 is 2.95 bits per heavy atom. The van der Waals surface area contributed by atoms with E-state index in [1.165, 1.54) is 17.8 Å². The van der Waals surface area contributed by atoms with Gasteiger partial charge in [0.15, 0.2) is 5.69 Å². The molecule has 0 bridgehead atoms. The number of ether oxygens (including phenoxy) is 1. The van der Waals surface area contributed by atoms with Gasteiger partial charge in [-0.25, -0.2) is 4.68 Å².